The van der Waals surface area contributed by atoms with Crippen LogP contribution in [-0.2, 0) is 13.1 Å². The van der Waals surface area contributed by atoms with Crippen LogP contribution in [-0.4, -0.2) is 26.5 Å². The van der Waals surface area contributed by atoms with Gasteiger partial charge in [0.25, 0.3) is 5.91 Å². The van der Waals surface area contributed by atoms with Gasteiger partial charge in [-0.1, -0.05) is 30.3 Å². The molecule has 26 heavy (non-hydrogen) atoms. The minimum absolute atomic E-state index is 0.0748. The van der Waals surface area contributed by atoms with E-state index in [1.54, 1.807) is 12.3 Å². The largest absolute Gasteiger partial charge is 0.356 e. The van der Waals surface area contributed by atoms with E-state index in [1.807, 2.05) is 36.7 Å². The minimum Gasteiger partial charge on any atom is -0.356 e. The van der Waals surface area contributed by atoms with Crippen LogP contribution in [0, 0.1) is 13.8 Å². The number of aromatic amines is 1. The van der Waals surface area contributed by atoms with Crippen molar-refractivity contribution in [1.29, 1.82) is 0 Å². The molecule has 0 atom stereocenters. The van der Waals surface area contributed by atoms with E-state index >= 15 is 0 Å². The number of ketones is 1. The smallest absolute Gasteiger partial charge is 0.267 e. The van der Waals surface area contributed by atoms with E-state index in [9.17, 15) is 9.59 Å². The molecule has 6 heteroatoms. The number of H-pyrrole nitrogens is 1. The standard InChI is InChI=1S/C20H22N4O2/c1-13-18(11-22-20(26)19-9-17(10-21-19)15(3)25)14(2)24(23-13)12-16-7-5-4-6-8-16/h4-10,21H,11-12H2,1-3H3,(H,22,26). The van der Waals surface area contributed by atoms with Crippen LogP contribution in [0.1, 0.15) is 50.3 Å². The van der Waals surface area contributed by atoms with Gasteiger partial charge < -0.3 is 10.3 Å². The normalized spacial score (nSPS) is 10.7. The highest BCUT2D eigenvalue weighted by atomic mass is 16.2. The summed E-state index contributed by atoms with van der Waals surface area (Å²) >= 11 is 0. The van der Waals surface area contributed by atoms with Gasteiger partial charge in [0.1, 0.15) is 5.69 Å². The van der Waals surface area contributed by atoms with Crippen LogP contribution >= 0.6 is 0 Å². The predicted molar refractivity (Wildman–Crippen MR) is 99.2 cm³/mol. The Hall–Kier alpha value is -3.15. The van der Waals surface area contributed by atoms with Crippen LogP contribution < -0.4 is 5.32 Å². The van der Waals surface area contributed by atoms with E-state index in [1.165, 1.54) is 12.5 Å². The molecule has 0 saturated heterocycles. The van der Waals surface area contributed by atoms with Gasteiger partial charge >= 0.3 is 0 Å². The summed E-state index contributed by atoms with van der Waals surface area (Å²) in [6.45, 7) is 6.50. The molecule has 3 rings (SSSR count). The number of hydrogen-bond donors (Lipinski definition) is 2. The lowest BCUT2D eigenvalue weighted by molar-refractivity contribution is 0.0946. The van der Waals surface area contributed by atoms with E-state index in [-0.39, 0.29) is 11.7 Å². The molecule has 0 bridgehead atoms. The summed E-state index contributed by atoms with van der Waals surface area (Å²) in [5.74, 6) is -0.318. The first kappa shape index (κ1) is 17.7. The van der Waals surface area contributed by atoms with Gasteiger partial charge in [0.2, 0.25) is 0 Å². The third kappa shape index (κ3) is 3.74. The third-order valence-electron chi connectivity index (χ3n) is 4.47. The molecular formula is C20H22N4O2. The summed E-state index contributed by atoms with van der Waals surface area (Å²) in [4.78, 5) is 26.5. The van der Waals surface area contributed by atoms with Gasteiger partial charge in [-0.25, -0.2) is 0 Å². The van der Waals surface area contributed by atoms with Gasteiger partial charge in [0, 0.05) is 29.6 Å². The van der Waals surface area contributed by atoms with Gasteiger partial charge in [0.15, 0.2) is 5.78 Å². The number of nitrogens with one attached hydrogen (secondary N) is 2. The Morgan fingerprint density at radius 3 is 2.58 bits per heavy atom. The monoisotopic (exact) mass is 350 g/mol. The molecule has 2 aromatic heterocycles. The Morgan fingerprint density at radius 1 is 1.19 bits per heavy atom. The van der Waals surface area contributed by atoms with Gasteiger partial charge in [-0.3, -0.25) is 14.3 Å². The highest BCUT2D eigenvalue weighted by Crippen LogP contribution is 2.15. The summed E-state index contributed by atoms with van der Waals surface area (Å²) in [5.41, 5.74) is 4.99. The number of rotatable bonds is 6. The molecule has 0 unspecified atom stereocenters. The van der Waals surface area contributed by atoms with Gasteiger partial charge in [-0.2, -0.15) is 5.10 Å². The van der Waals surface area contributed by atoms with Crippen molar-refractivity contribution in [1.82, 2.24) is 20.1 Å². The molecule has 1 amide bonds. The number of nitrogens with zero attached hydrogens (tertiary/aromatic N) is 2. The second-order valence-electron chi connectivity index (χ2n) is 6.33. The lowest BCUT2D eigenvalue weighted by Crippen LogP contribution is -2.23. The van der Waals surface area contributed by atoms with Crippen LogP contribution in [0.2, 0.25) is 0 Å². The Morgan fingerprint density at radius 2 is 1.92 bits per heavy atom. The number of benzene rings is 1. The van der Waals surface area contributed by atoms with Crippen molar-refractivity contribution in [2.75, 3.05) is 0 Å². The van der Waals surface area contributed by atoms with Crippen LogP contribution in [0.4, 0.5) is 0 Å². The Labute approximate surface area is 152 Å². The van der Waals surface area contributed by atoms with Crippen molar-refractivity contribution in [2.24, 2.45) is 0 Å². The van der Waals surface area contributed by atoms with E-state index in [2.05, 4.69) is 27.5 Å². The predicted octanol–water partition coefficient (Wildman–Crippen LogP) is 3.01. The number of aryl methyl sites for hydroxylation is 1. The minimum atomic E-state index is -0.243. The van der Waals surface area contributed by atoms with E-state index in [0.29, 0.717) is 24.3 Å². The SMILES string of the molecule is CC(=O)c1c[nH]c(C(=O)NCc2c(C)nn(Cc3ccccc3)c2C)c1. The van der Waals surface area contributed by atoms with Crippen molar-refractivity contribution in [2.45, 2.75) is 33.9 Å². The number of carbonyl (C=O) groups excluding carboxylic acids is 2. The third-order valence-corrected chi connectivity index (χ3v) is 4.47. The molecule has 0 radical (unpaired) electrons. The molecule has 2 N–H and O–H groups in total. The summed E-state index contributed by atoms with van der Waals surface area (Å²) < 4.78 is 1.95. The molecule has 0 spiro atoms. The highest BCUT2D eigenvalue weighted by Gasteiger charge is 2.15. The number of Topliss-reactive ketones (excluding diaryl/α,β-unsaturated/α-hetero) is 1. The maximum absolute atomic E-state index is 12.3. The van der Waals surface area contributed by atoms with E-state index in [0.717, 1.165) is 17.0 Å². The number of aromatic nitrogens is 3. The number of amides is 1. The van der Waals surface area contributed by atoms with Crippen LogP contribution in [0.3, 0.4) is 0 Å². The van der Waals surface area contributed by atoms with Gasteiger partial charge in [-0.15, -0.1) is 0 Å². The second-order valence-corrected chi connectivity index (χ2v) is 6.33. The van der Waals surface area contributed by atoms with Crippen molar-refractivity contribution in [3.05, 3.63) is 76.4 Å². The molecule has 134 valence electrons. The quantitative estimate of drug-likeness (QED) is 0.671. The first-order valence-electron chi connectivity index (χ1n) is 8.50. The zero-order chi connectivity index (χ0) is 18.7. The van der Waals surface area contributed by atoms with Crippen molar-refractivity contribution >= 4 is 11.7 Å². The van der Waals surface area contributed by atoms with Crippen molar-refractivity contribution in [3.63, 3.8) is 0 Å². The second kappa shape index (κ2) is 7.39. The Bertz CT molecular complexity index is 938. The van der Waals surface area contributed by atoms with Crippen LogP contribution in [0.5, 0.6) is 0 Å². The maximum Gasteiger partial charge on any atom is 0.267 e. The fourth-order valence-electron chi connectivity index (χ4n) is 2.89. The molecule has 0 aliphatic rings. The molecule has 1 aromatic carbocycles. The summed E-state index contributed by atoms with van der Waals surface area (Å²) in [7, 11) is 0. The van der Waals surface area contributed by atoms with Crippen LogP contribution in [0.25, 0.3) is 0 Å². The molecule has 0 fully saturated rings. The zero-order valence-corrected chi connectivity index (χ0v) is 15.2. The van der Waals surface area contributed by atoms with Gasteiger partial charge in [0.05, 0.1) is 12.2 Å². The first-order valence-corrected chi connectivity index (χ1v) is 8.50. The summed E-state index contributed by atoms with van der Waals surface area (Å²) in [6, 6.07) is 11.7. The number of carbonyl (C=O) groups is 2. The molecule has 2 heterocycles. The molecule has 0 saturated carbocycles. The van der Waals surface area contributed by atoms with Crippen molar-refractivity contribution in [3.8, 4) is 0 Å². The molecule has 0 aliphatic carbocycles. The number of hydrogen-bond acceptors (Lipinski definition) is 3. The topological polar surface area (TPSA) is 79.8 Å². The zero-order valence-electron chi connectivity index (χ0n) is 15.2. The fourth-order valence-corrected chi connectivity index (χ4v) is 2.89. The molecule has 0 aliphatic heterocycles. The molecule has 3 aromatic rings. The Balaban J connectivity index is 1.69. The molecule has 6 nitrogen and oxygen atoms in total. The highest BCUT2D eigenvalue weighted by molar-refractivity contribution is 5.99. The lowest BCUT2D eigenvalue weighted by Gasteiger charge is -2.07. The van der Waals surface area contributed by atoms with Gasteiger partial charge in [-0.05, 0) is 32.4 Å². The van der Waals surface area contributed by atoms with E-state index < -0.39 is 0 Å². The van der Waals surface area contributed by atoms with Crippen LogP contribution in [0.15, 0.2) is 42.6 Å². The average Bonchev–Trinajstić information content (AvgIpc) is 3.21. The fraction of sp³-hybridized carbons (Fsp3) is 0.250. The first-order chi connectivity index (χ1) is 12.5. The molecular weight excluding hydrogens is 328 g/mol. The summed E-state index contributed by atoms with van der Waals surface area (Å²) in [5, 5.41) is 7.49. The Kier molecular flexibility index (Phi) is 5.02. The maximum atomic E-state index is 12.3. The average molecular weight is 350 g/mol. The van der Waals surface area contributed by atoms with Crippen molar-refractivity contribution < 1.29 is 9.59 Å². The van der Waals surface area contributed by atoms with E-state index in [4.69, 9.17) is 0 Å². The summed E-state index contributed by atoms with van der Waals surface area (Å²) in [6.07, 6.45) is 1.55. The lowest BCUT2D eigenvalue weighted by atomic mass is 10.2.